The first-order valence-electron chi connectivity index (χ1n) is 7.15. The fourth-order valence-electron chi connectivity index (χ4n) is 2.66. The number of carboxylic acid groups (broad SMARTS) is 1. The van der Waals surface area contributed by atoms with E-state index in [4.69, 9.17) is 9.63 Å². The summed E-state index contributed by atoms with van der Waals surface area (Å²) in [4.78, 5) is 17.5. The van der Waals surface area contributed by atoms with Gasteiger partial charge in [-0.2, -0.15) is 4.98 Å². The minimum Gasteiger partial charge on any atom is -0.481 e. The van der Waals surface area contributed by atoms with Crippen LogP contribution in [0.25, 0.3) is 11.4 Å². The third kappa shape index (κ3) is 3.53. The van der Waals surface area contributed by atoms with Gasteiger partial charge in [0.2, 0.25) is 11.7 Å². The summed E-state index contributed by atoms with van der Waals surface area (Å²) in [5.41, 5.74) is 0.881. The molecule has 2 aromatic rings. The molecule has 6 nitrogen and oxygen atoms in total. The summed E-state index contributed by atoms with van der Waals surface area (Å²) < 4.78 is 6.25. The number of aromatic nitrogens is 2. The molecule has 0 aliphatic carbocycles. The Morgan fingerprint density at radius 1 is 1.50 bits per heavy atom. The molecule has 1 aliphatic rings. The number of carbonyl (C=O) groups is 1. The second-order valence-electron chi connectivity index (χ2n) is 5.43. The van der Waals surface area contributed by atoms with Crippen LogP contribution in [-0.2, 0) is 11.3 Å². The van der Waals surface area contributed by atoms with Gasteiger partial charge in [-0.1, -0.05) is 33.2 Å². The molecule has 0 spiro atoms. The molecule has 22 heavy (non-hydrogen) atoms. The Kier molecular flexibility index (Phi) is 4.54. The van der Waals surface area contributed by atoms with Gasteiger partial charge in [-0.05, 0) is 31.5 Å². The number of rotatable bonds is 4. The lowest BCUT2D eigenvalue weighted by molar-refractivity contribution is -0.143. The highest BCUT2D eigenvalue weighted by molar-refractivity contribution is 9.10. The molecule has 0 bridgehead atoms. The van der Waals surface area contributed by atoms with Crippen molar-refractivity contribution in [3.8, 4) is 11.4 Å². The van der Waals surface area contributed by atoms with Crippen molar-refractivity contribution in [1.82, 2.24) is 15.0 Å². The molecular formula is C15H16BrN3O3. The normalized spacial score (nSPS) is 19.2. The van der Waals surface area contributed by atoms with Crippen LogP contribution >= 0.6 is 15.9 Å². The number of nitrogens with zero attached hydrogens (tertiary/aromatic N) is 3. The van der Waals surface area contributed by atoms with E-state index in [1.165, 1.54) is 0 Å². The number of benzene rings is 1. The highest BCUT2D eigenvalue weighted by Gasteiger charge is 2.26. The van der Waals surface area contributed by atoms with Crippen molar-refractivity contribution in [3.63, 3.8) is 0 Å². The van der Waals surface area contributed by atoms with E-state index in [0.717, 1.165) is 29.4 Å². The third-order valence-corrected chi connectivity index (χ3v) is 4.26. The van der Waals surface area contributed by atoms with Gasteiger partial charge in [-0.25, -0.2) is 0 Å². The molecule has 1 aromatic heterocycles. The van der Waals surface area contributed by atoms with Gasteiger partial charge >= 0.3 is 5.97 Å². The monoisotopic (exact) mass is 365 g/mol. The van der Waals surface area contributed by atoms with E-state index in [-0.39, 0.29) is 5.92 Å². The van der Waals surface area contributed by atoms with Crippen LogP contribution in [0.3, 0.4) is 0 Å². The first kappa shape index (κ1) is 15.2. The summed E-state index contributed by atoms with van der Waals surface area (Å²) in [6, 6.07) is 7.69. The van der Waals surface area contributed by atoms with Crippen molar-refractivity contribution in [2.45, 2.75) is 19.4 Å². The molecule has 1 atom stereocenters. The van der Waals surface area contributed by atoms with Crippen LogP contribution in [0.4, 0.5) is 0 Å². The first-order valence-corrected chi connectivity index (χ1v) is 7.95. The Labute approximate surface area is 136 Å². The van der Waals surface area contributed by atoms with Crippen molar-refractivity contribution < 1.29 is 14.4 Å². The maximum atomic E-state index is 11.1. The van der Waals surface area contributed by atoms with Crippen LogP contribution in [0, 0.1) is 5.92 Å². The van der Waals surface area contributed by atoms with Crippen LogP contribution < -0.4 is 0 Å². The van der Waals surface area contributed by atoms with E-state index in [9.17, 15) is 4.79 Å². The number of hydrogen-bond acceptors (Lipinski definition) is 5. The summed E-state index contributed by atoms with van der Waals surface area (Å²) in [7, 11) is 0. The Balaban J connectivity index is 1.68. The van der Waals surface area contributed by atoms with Crippen molar-refractivity contribution in [2.24, 2.45) is 5.92 Å². The molecule has 1 aliphatic heterocycles. The summed E-state index contributed by atoms with van der Waals surface area (Å²) in [5, 5.41) is 13.1. The standard InChI is InChI=1S/C15H16BrN3O3/c16-12-5-1-3-10(7-12)14-17-13(22-18-14)9-19-6-2-4-11(8-19)15(20)21/h1,3,5,7,11H,2,4,6,8-9H2,(H,20,21)/t11-/m0/s1. The second kappa shape index (κ2) is 6.58. The largest absolute Gasteiger partial charge is 0.481 e. The van der Waals surface area contributed by atoms with Crippen LogP contribution in [0.2, 0.25) is 0 Å². The zero-order chi connectivity index (χ0) is 15.5. The molecule has 1 fully saturated rings. The van der Waals surface area contributed by atoms with Gasteiger partial charge < -0.3 is 9.63 Å². The van der Waals surface area contributed by atoms with Gasteiger partial charge in [0.15, 0.2) is 0 Å². The van der Waals surface area contributed by atoms with Gasteiger partial charge in [-0.3, -0.25) is 9.69 Å². The number of aliphatic carboxylic acids is 1. The molecule has 0 amide bonds. The van der Waals surface area contributed by atoms with E-state index < -0.39 is 5.97 Å². The van der Waals surface area contributed by atoms with E-state index in [1.807, 2.05) is 24.3 Å². The van der Waals surface area contributed by atoms with Crippen molar-refractivity contribution in [1.29, 1.82) is 0 Å². The first-order chi connectivity index (χ1) is 10.6. The summed E-state index contributed by atoms with van der Waals surface area (Å²) in [6.45, 7) is 1.88. The fourth-order valence-corrected chi connectivity index (χ4v) is 3.06. The molecule has 1 N–H and O–H groups in total. The van der Waals surface area contributed by atoms with Crippen molar-refractivity contribution in [2.75, 3.05) is 13.1 Å². The zero-order valence-electron chi connectivity index (χ0n) is 11.9. The van der Waals surface area contributed by atoms with E-state index >= 15 is 0 Å². The van der Waals surface area contributed by atoms with Crippen LogP contribution in [0.1, 0.15) is 18.7 Å². The Morgan fingerprint density at radius 2 is 2.36 bits per heavy atom. The minimum atomic E-state index is -0.731. The molecule has 2 heterocycles. The number of hydrogen-bond donors (Lipinski definition) is 1. The molecule has 0 saturated carbocycles. The topological polar surface area (TPSA) is 79.5 Å². The Hall–Kier alpha value is -1.73. The summed E-state index contributed by atoms with van der Waals surface area (Å²) in [5.74, 6) is 0.0235. The smallest absolute Gasteiger partial charge is 0.307 e. The van der Waals surface area contributed by atoms with Crippen molar-refractivity contribution >= 4 is 21.9 Å². The highest BCUT2D eigenvalue weighted by Crippen LogP contribution is 2.22. The van der Waals surface area contributed by atoms with Crippen LogP contribution in [-0.4, -0.2) is 39.2 Å². The lowest BCUT2D eigenvalue weighted by atomic mass is 9.98. The van der Waals surface area contributed by atoms with Gasteiger partial charge in [0, 0.05) is 16.6 Å². The Bertz CT molecular complexity index is 674. The highest BCUT2D eigenvalue weighted by atomic mass is 79.9. The van der Waals surface area contributed by atoms with E-state index in [1.54, 1.807) is 0 Å². The van der Waals surface area contributed by atoms with Gasteiger partial charge in [0.05, 0.1) is 12.5 Å². The molecule has 1 saturated heterocycles. The number of likely N-dealkylation sites (tertiary alicyclic amines) is 1. The van der Waals surface area contributed by atoms with Crippen LogP contribution in [0.15, 0.2) is 33.3 Å². The third-order valence-electron chi connectivity index (χ3n) is 3.76. The maximum absolute atomic E-state index is 11.1. The van der Waals surface area contributed by atoms with Crippen LogP contribution in [0.5, 0.6) is 0 Å². The molecule has 1 aromatic carbocycles. The molecule has 7 heteroatoms. The fraction of sp³-hybridized carbons (Fsp3) is 0.400. The second-order valence-corrected chi connectivity index (χ2v) is 6.35. The zero-order valence-corrected chi connectivity index (χ0v) is 13.5. The number of piperidine rings is 1. The van der Waals surface area contributed by atoms with Gasteiger partial charge in [0.1, 0.15) is 0 Å². The van der Waals surface area contributed by atoms with E-state index in [2.05, 4.69) is 31.0 Å². The number of carboxylic acids is 1. The Morgan fingerprint density at radius 3 is 3.14 bits per heavy atom. The number of halogens is 1. The van der Waals surface area contributed by atoms with Crippen molar-refractivity contribution in [3.05, 3.63) is 34.6 Å². The van der Waals surface area contributed by atoms with Gasteiger partial charge in [-0.15, -0.1) is 0 Å². The molecule has 0 unspecified atom stereocenters. The molecule has 3 rings (SSSR count). The molecule has 0 radical (unpaired) electrons. The predicted octanol–water partition coefficient (Wildman–Crippen LogP) is 2.80. The van der Waals surface area contributed by atoms with E-state index in [0.29, 0.717) is 24.8 Å². The lowest BCUT2D eigenvalue weighted by Crippen LogP contribution is -2.38. The van der Waals surface area contributed by atoms with Gasteiger partial charge in [0.25, 0.3) is 0 Å². The maximum Gasteiger partial charge on any atom is 0.307 e. The predicted molar refractivity (Wildman–Crippen MR) is 83.1 cm³/mol. The molecule has 116 valence electrons. The quantitative estimate of drug-likeness (QED) is 0.897. The molecular weight excluding hydrogens is 350 g/mol. The average molecular weight is 366 g/mol. The SMILES string of the molecule is O=C(O)[C@H]1CCCN(Cc2nc(-c3cccc(Br)c3)no2)C1. The summed E-state index contributed by atoms with van der Waals surface area (Å²) >= 11 is 3.42. The minimum absolute atomic E-state index is 0.304. The average Bonchev–Trinajstić information content (AvgIpc) is 2.96. The lowest BCUT2D eigenvalue weighted by Gasteiger charge is -2.29. The summed E-state index contributed by atoms with van der Waals surface area (Å²) in [6.07, 6.45) is 1.61.